The van der Waals surface area contributed by atoms with E-state index in [0.717, 1.165) is 31.6 Å². The lowest BCUT2D eigenvalue weighted by molar-refractivity contribution is -0.116. The van der Waals surface area contributed by atoms with E-state index in [2.05, 4.69) is 54.3 Å². The van der Waals surface area contributed by atoms with Gasteiger partial charge in [-0.1, -0.05) is 38.1 Å². The summed E-state index contributed by atoms with van der Waals surface area (Å²) in [6.07, 6.45) is 7.18. The minimum Gasteiger partial charge on any atom is -0.324 e. The van der Waals surface area contributed by atoms with Crippen molar-refractivity contribution in [1.29, 1.82) is 0 Å². The van der Waals surface area contributed by atoms with E-state index in [1.807, 2.05) is 30.4 Å². The minimum absolute atomic E-state index is 0.0731. The first-order chi connectivity index (χ1) is 19.2. The molecule has 1 amide bonds. The third-order valence-corrected chi connectivity index (χ3v) is 7.66. The van der Waals surface area contributed by atoms with Gasteiger partial charge in [-0.3, -0.25) is 14.5 Å². The number of fused-ring (bicyclic) bond motifs is 7. The summed E-state index contributed by atoms with van der Waals surface area (Å²) in [4.78, 5) is 44.0. The zero-order valence-electron chi connectivity index (χ0n) is 23.4. The van der Waals surface area contributed by atoms with Gasteiger partial charge in [0.05, 0.1) is 6.54 Å². The molecule has 0 fully saturated rings. The van der Waals surface area contributed by atoms with Crippen LogP contribution in [0.15, 0.2) is 59.5 Å². The number of carbonyl (C=O) groups is 1. The number of anilines is 3. The van der Waals surface area contributed by atoms with E-state index in [9.17, 15) is 9.59 Å². The van der Waals surface area contributed by atoms with Gasteiger partial charge in [0.25, 0.3) is 5.56 Å². The largest absolute Gasteiger partial charge is 0.324 e. The number of allylic oxidation sites excluding steroid dienone is 2. The molecular formula is C30H34N8O2. The highest BCUT2D eigenvalue weighted by molar-refractivity contribution is 5.90. The van der Waals surface area contributed by atoms with E-state index in [0.29, 0.717) is 41.7 Å². The van der Waals surface area contributed by atoms with Crippen LogP contribution in [0.25, 0.3) is 16.9 Å². The van der Waals surface area contributed by atoms with Crippen LogP contribution >= 0.6 is 0 Å². The molecule has 2 bridgehead atoms. The SMILES string of the molecule is CC(=O)N1CCC/C=C\Cn2c(=O)c3cnc(Nc4ccc5c(c4)CN(C)CC5(C)C)nc3n2-c2cccc1n2. The number of nitrogens with zero attached hydrogens (tertiary/aromatic N) is 7. The van der Waals surface area contributed by atoms with Crippen molar-refractivity contribution >= 4 is 34.4 Å². The Morgan fingerprint density at radius 2 is 1.90 bits per heavy atom. The van der Waals surface area contributed by atoms with Crippen molar-refractivity contribution in [2.75, 3.05) is 30.4 Å². The number of nitrogens with one attached hydrogen (secondary N) is 1. The van der Waals surface area contributed by atoms with Crippen LogP contribution in [-0.2, 0) is 23.3 Å². The van der Waals surface area contributed by atoms with Gasteiger partial charge in [-0.15, -0.1) is 0 Å². The van der Waals surface area contributed by atoms with Gasteiger partial charge in [0, 0.05) is 43.9 Å². The van der Waals surface area contributed by atoms with Gasteiger partial charge in [0.1, 0.15) is 11.2 Å². The average molecular weight is 539 g/mol. The predicted molar refractivity (Wildman–Crippen MR) is 156 cm³/mol. The van der Waals surface area contributed by atoms with Gasteiger partial charge < -0.3 is 10.2 Å². The lowest BCUT2D eigenvalue weighted by Crippen LogP contribution is -2.39. The fourth-order valence-electron chi connectivity index (χ4n) is 5.96. The molecule has 10 nitrogen and oxygen atoms in total. The monoisotopic (exact) mass is 538 g/mol. The number of pyridine rings is 1. The quantitative estimate of drug-likeness (QED) is 0.383. The summed E-state index contributed by atoms with van der Waals surface area (Å²) in [5.74, 6) is 1.37. The standard InChI is InChI=1S/C30H34N8O2/c1-20(39)36-14-7-5-6-8-15-37-28(40)23-17-31-29(34-27(23)38(37)26-11-9-10-25(36)33-26)32-22-12-13-24-21(16-22)18-35(4)19-30(24,2)3/h6,8-13,16-17H,5,7,14-15,18-19H2,1-4H3,(H,31,32,34)/b8-6-. The molecule has 4 aromatic rings. The topological polar surface area (TPSA) is 101 Å². The maximum Gasteiger partial charge on any atom is 0.278 e. The van der Waals surface area contributed by atoms with E-state index in [4.69, 9.17) is 9.97 Å². The van der Waals surface area contributed by atoms with Gasteiger partial charge in [0.15, 0.2) is 11.5 Å². The first-order valence-corrected chi connectivity index (χ1v) is 13.7. The van der Waals surface area contributed by atoms with Crippen molar-refractivity contribution in [3.63, 3.8) is 0 Å². The summed E-state index contributed by atoms with van der Waals surface area (Å²) in [7, 11) is 2.14. The summed E-state index contributed by atoms with van der Waals surface area (Å²) in [5, 5.41) is 3.75. The van der Waals surface area contributed by atoms with Crippen molar-refractivity contribution in [1.82, 2.24) is 29.2 Å². The van der Waals surface area contributed by atoms with Crippen LogP contribution in [0.3, 0.4) is 0 Å². The van der Waals surface area contributed by atoms with Crippen molar-refractivity contribution in [3.8, 4) is 5.82 Å². The number of likely N-dealkylation sites (N-methyl/N-ethyl adjacent to an activating group) is 1. The second-order valence-corrected chi connectivity index (χ2v) is 11.3. The lowest BCUT2D eigenvalue weighted by Gasteiger charge is -2.38. The summed E-state index contributed by atoms with van der Waals surface area (Å²) >= 11 is 0. The van der Waals surface area contributed by atoms with Crippen LogP contribution in [0.1, 0.15) is 44.7 Å². The van der Waals surface area contributed by atoms with Crippen LogP contribution in [0.5, 0.6) is 0 Å². The normalized spacial score (nSPS) is 17.9. The molecule has 2 aliphatic rings. The Labute approximate surface area is 233 Å². The number of aromatic nitrogens is 5. The minimum atomic E-state index is -0.196. The Hall–Kier alpha value is -4.31. The van der Waals surface area contributed by atoms with Gasteiger partial charge >= 0.3 is 0 Å². The summed E-state index contributed by atoms with van der Waals surface area (Å²) in [6, 6.07) is 11.9. The Bertz CT molecular complexity index is 1700. The molecule has 206 valence electrons. The molecule has 0 atom stereocenters. The highest BCUT2D eigenvalue weighted by atomic mass is 16.2. The fraction of sp³-hybridized carbons (Fsp3) is 0.367. The van der Waals surface area contributed by atoms with Crippen LogP contribution in [-0.4, -0.2) is 55.3 Å². The molecule has 1 aromatic carbocycles. The Morgan fingerprint density at radius 1 is 1.07 bits per heavy atom. The molecule has 1 N–H and O–H groups in total. The molecule has 0 unspecified atom stereocenters. The molecule has 3 aromatic heterocycles. The van der Waals surface area contributed by atoms with Crippen LogP contribution < -0.4 is 15.8 Å². The molecular weight excluding hydrogens is 504 g/mol. The highest BCUT2D eigenvalue weighted by Crippen LogP contribution is 2.34. The lowest BCUT2D eigenvalue weighted by atomic mass is 9.78. The van der Waals surface area contributed by atoms with Crippen LogP contribution in [0.4, 0.5) is 17.5 Å². The van der Waals surface area contributed by atoms with Crippen molar-refractivity contribution in [2.24, 2.45) is 0 Å². The average Bonchev–Trinajstić information content (AvgIpc) is 3.17. The Balaban J connectivity index is 1.45. The predicted octanol–water partition coefficient (Wildman–Crippen LogP) is 4.15. The molecule has 5 heterocycles. The number of carbonyl (C=O) groups excluding carboxylic acids is 1. The fourth-order valence-corrected chi connectivity index (χ4v) is 5.96. The number of benzene rings is 1. The molecule has 0 aliphatic carbocycles. The molecule has 0 saturated heterocycles. The second-order valence-electron chi connectivity index (χ2n) is 11.3. The number of hydrogen-bond donors (Lipinski definition) is 1. The molecule has 0 saturated carbocycles. The van der Waals surface area contributed by atoms with Gasteiger partial charge in [-0.25, -0.2) is 19.3 Å². The summed E-state index contributed by atoms with van der Waals surface area (Å²) < 4.78 is 3.34. The van der Waals surface area contributed by atoms with Gasteiger partial charge in [-0.05, 0) is 55.3 Å². The zero-order valence-corrected chi connectivity index (χ0v) is 23.4. The number of hydrogen-bond acceptors (Lipinski definition) is 7. The van der Waals surface area contributed by atoms with Crippen LogP contribution in [0, 0.1) is 0 Å². The number of rotatable bonds is 2. The first-order valence-electron chi connectivity index (χ1n) is 13.7. The molecule has 40 heavy (non-hydrogen) atoms. The van der Waals surface area contributed by atoms with Gasteiger partial charge in [-0.2, -0.15) is 4.98 Å². The molecule has 2 aliphatic heterocycles. The second kappa shape index (κ2) is 10.0. The maximum atomic E-state index is 13.5. The van der Waals surface area contributed by atoms with E-state index in [-0.39, 0.29) is 16.9 Å². The van der Waals surface area contributed by atoms with E-state index >= 15 is 0 Å². The zero-order chi connectivity index (χ0) is 28.0. The summed E-state index contributed by atoms with van der Waals surface area (Å²) in [6.45, 7) is 8.91. The number of amides is 1. The Morgan fingerprint density at radius 3 is 2.73 bits per heavy atom. The van der Waals surface area contributed by atoms with Gasteiger partial charge in [0.2, 0.25) is 11.9 Å². The molecule has 0 radical (unpaired) electrons. The highest BCUT2D eigenvalue weighted by Gasteiger charge is 2.30. The third kappa shape index (κ3) is 4.68. The van der Waals surface area contributed by atoms with Crippen LogP contribution in [0.2, 0.25) is 0 Å². The van der Waals surface area contributed by atoms with Crippen molar-refractivity contribution in [3.05, 3.63) is 76.2 Å². The third-order valence-electron chi connectivity index (χ3n) is 7.66. The van der Waals surface area contributed by atoms with E-state index < -0.39 is 0 Å². The van der Waals surface area contributed by atoms with Crippen molar-refractivity contribution in [2.45, 2.75) is 52.1 Å². The maximum absolute atomic E-state index is 13.5. The Kier molecular flexibility index (Phi) is 6.50. The van der Waals surface area contributed by atoms with E-state index in [1.54, 1.807) is 27.4 Å². The molecule has 6 rings (SSSR count). The summed E-state index contributed by atoms with van der Waals surface area (Å²) in [5.41, 5.74) is 3.84. The van der Waals surface area contributed by atoms with Crippen molar-refractivity contribution < 1.29 is 4.79 Å². The molecule has 0 spiro atoms. The van der Waals surface area contributed by atoms with E-state index in [1.165, 1.54) is 11.1 Å². The molecule has 10 heteroatoms. The smallest absolute Gasteiger partial charge is 0.278 e. The first kappa shape index (κ1) is 25.9.